The minimum atomic E-state index is -0.301. The van der Waals surface area contributed by atoms with Crippen molar-refractivity contribution in [1.82, 2.24) is 10.2 Å². The molecule has 3 nitrogen and oxygen atoms in total. The van der Waals surface area contributed by atoms with Crippen LogP contribution in [0.4, 0.5) is 4.39 Å². The molecule has 0 bridgehead atoms. The number of amides is 1. The Bertz CT molecular complexity index is 707. The summed E-state index contributed by atoms with van der Waals surface area (Å²) in [7, 11) is 3.75. The molecule has 23 heavy (non-hydrogen) atoms. The number of hydrogen-bond acceptors (Lipinski definition) is 2. The van der Waals surface area contributed by atoms with Crippen LogP contribution in [0.1, 0.15) is 22.0 Å². The second kappa shape index (κ2) is 7.77. The molecule has 2 aromatic rings. The fraction of sp³-hybridized carbons (Fsp3) is 0.235. The lowest BCUT2D eigenvalue weighted by atomic mass is 10.1. The highest BCUT2D eigenvalue weighted by molar-refractivity contribution is 6.42. The van der Waals surface area contributed by atoms with Crippen LogP contribution in [0.15, 0.2) is 42.5 Å². The summed E-state index contributed by atoms with van der Waals surface area (Å²) in [6, 6.07) is 10.9. The average molecular weight is 355 g/mol. The summed E-state index contributed by atoms with van der Waals surface area (Å²) in [5.74, 6) is -0.558. The van der Waals surface area contributed by atoms with Crippen molar-refractivity contribution in [2.24, 2.45) is 0 Å². The summed E-state index contributed by atoms with van der Waals surface area (Å²) >= 11 is 11.8. The van der Waals surface area contributed by atoms with Crippen LogP contribution >= 0.6 is 23.2 Å². The summed E-state index contributed by atoms with van der Waals surface area (Å²) in [4.78, 5) is 14.1. The first-order valence-electron chi connectivity index (χ1n) is 7.03. The minimum absolute atomic E-state index is 0.141. The fourth-order valence-electron chi connectivity index (χ4n) is 2.24. The zero-order chi connectivity index (χ0) is 17.0. The number of benzene rings is 2. The minimum Gasteiger partial charge on any atom is -0.350 e. The van der Waals surface area contributed by atoms with Crippen LogP contribution < -0.4 is 5.32 Å². The molecule has 1 atom stereocenters. The summed E-state index contributed by atoms with van der Waals surface area (Å²) in [6.45, 7) is 0.343. The van der Waals surface area contributed by atoms with Gasteiger partial charge in [-0.15, -0.1) is 0 Å². The van der Waals surface area contributed by atoms with Crippen molar-refractivity contribution in [3.05, 3.63) is 69.5 Å². The third-order valence-corrected chi connectivity index (χ3v) is 4.23. The number of hydrogen-bond donors (Lipinski definition) is 1. The summed E-state index contributed by atoms with van der Waals surface area (Å²) < 4.78 is 13.4. The molecule has 1 N–H and O–H groups in total. The summed E-state index contributed by atoms with van der Waals surface area (Å²) in [5.41, 5.74) is 1.22. The Labute approximate surface area is 145 Å². The lowest BCUT2D eigenvalue weighted by Gasteiger charge is -2.25. The largest absolute Gasteiger partial charge is 0.350 e. The first kappa shape index (κ1) is 17.7. The van der Waals surface area contributed by atoms with Gasteiger partial charge in [0, 0.05) is 12.1 Å². The predicted molar refractivity (Wildman–Crippen MR) is 91.6 cm³/mol. The molecule has 0 saturated carbocycles. The third-order valence-electron chi connectivity index (χ3n) is 3.49. The Hall–Kier alpha value is -1.62. The maximum atomic E-state index is 13.4. The van der Waals surface area contributed by atoms with E-state index in [9.17, 15) is 9.18 Å². The Kier molecular flexibility index (Phi) is 5.99. The molecular weight excluding hydrogens is 338 g/mol. The molecule has 122 valence electrons. The quantitative estimate of drug-likeness (QED) is 0.873. The molecule has 0 aliphatic carbocycles. The predicted octanol–water partition coefficient (Wildman–Crippen LogP) is 4.17. The second-order valence-corrected chi connectivity index (χ2v) is 6.19. The number of halogens is 3. The van der Waals surface area contributed by atoms with Crippen molar-refractivity contribution in [2.45, 2.75) is 6.04 Å². The molecule has 0 radical (unpaired) electrons. The zero-order valence-electron chi connectivity index (χ0n) is 12.8. The molecule has 0 saturated heterocycles. The third kappa shape index (κ3) is 4.67. The summed E-state index contributed by atoms with van der Waals surface area (Å²) in [6.07, 6.45) is 0. The fourth-order valence-corrected chi connectivity index (χ4v) is 2.54. The van der Waals surface area contributed by atoms with Crippen LogP contribution in [0.25, 0.3) is 0 Å². The number of likely N-dealkylation sites (N-methyl/N-ethyl adjacent to an activating group) is 1. The zero-order valence-corrected chi connectivity index (χ0v) is 14.3. The standard InChI is InChI=1S/C17H17Cl2FN2O/c1-22(2)16(11-4-3-5-13(20)8-11)10-21-17(23)12-6-7-14(18)15(19)9-12/h3-9,16H,10H2,1-2H3,(H,21,23). The van der Waals surface area contributed by atoms with E-state index >= 15 is 0 Å². The van der Waals surface area contributed by atoms with Gasteiger partial charge < -0.3 is 10.2 Å². The van der Waals surface area contributed by atoms with E-state index < -0.39 is 0 Å². The monoisotopic (exact) mass is 354 g/mol. The molecule has 0 spiro atoms. The molecule has 0 aliphatic rings. The maximum Gasteiger partial charge on any atom is 0.251 e. The second-order valence-electron chi connectivity index (χ2n) is 5.37. The van der Waals surface area contributed by atoms with E-state index in [-0.39, 0.29) is 17.8 Å². The average Bonchev–Trinajstić information content (AvgIpc) is 2.49. The normalized spacial score (nSPS) is 12.3. The maximum absolute atomic E-state index is 13.4. The molecule has 0 heterocycles. The van der Waals surface area contributed by atoms with Gasteiger partial charge in [0.25, 0.3) is 5.91 Å². The molecule has 1 amide bonds. The summed E-state index contributed by atoms with van der Waals surface area (Å²) in [5, 5.41) is 3.57. The van der Waals surface area contributed by atoms with Crippen LogP contribution in [0.3, 0.4) is 0 Å². The van der Waals surface area contributed by atoms with E-state index in [1.165, 1.54) is 18.2 Å². The molecule has 0 fully saturated rings. The van der Waals surface area contributed by atoms with E-state index in [1.54, 1.807) is 18.2 Å². The van der Waals surface area contributed by atoms with Gasteiger partial charge in [0.05, 0.1) is 16.1 Å². The van der Waals surface area contributed by atoms with Gasteiger partial charge in [0.2, 0.25) is 0 Å². The Morgan fingerprint density at radius 1 is 1.17 bits per heavy atom. The van der Waals surface area contributed by atoms with E-state index in [4.69, 9.17) is 23.2 Å². The van der Waals surface area contributed by atoms with Crippen molar-refractivity contribution in [3.8, 4) is 0 Å². The van der Waals surface area contributed by atoms with Gasteiger partial charge in [-0.05, 0) is 50.0 Å². The highest BCUT2D eigenvalue weighted by Gasteiger charge is 2.16. The highest BCUT2D eigenvalue weighted by Crippen LogP contribution is 2.23. The van der Waals surface area contributed by atoms with Crippen molar-refractivity contribution < 1.29 is 9.18 Å². The van der Waals surface area contributed by atoms with Crippen molar-refractivity contribution in [2.75, 3.05) is 20.6 Å². The van der Waals surface area contributed by atoms with Gasteiger partial charge in [-0.3, -0.25) is 4.79 Å². The first-order chi connectivity index (χ1) is 10.9. The smallest absolute Gasteiger partial charge is 0.251 e. The van der Waals surface area contributed by atoms with Gasteiger partial charge in [-0.25, -0.2) is 4.39 Å². The Balaban J connectivity index is 2.09. The first-order valence-corrected chi connectivity index (χ1v) is 7.79. The van der Waals surface area contributed by atoms with Crippen molar-refractivity contribution in [1.29, 1.82) is 0 Å². The number of nitrogens with one attached hydrogen (secondary N) is 1. The molecule has 6 heteroatoms. The lowest BCUT2D eigenvalue weighted by molar-refractivity contribution is 0.0942. The van der Waals surface area contributed by atoms with E-state index in [2.05, 4.69) is 5.32 Å². The van der Waals surface area contributed by atoms with E-state index in [0.29, 0.717) is 22.2 Å². The van der Waals surface area contributed by atoms with E-state index in [1.807, 2.05) is 25.1 Å². The van der Waals surface area contributed by atoms with Crippen molar-refractivity contribution >= 4 is 29.1 Å². The van der Waals surface area contributed by atoms with Crippen LogP contribution in [-0.4, -0.2) is 31.4 Å². The molecule has 1 unspecified atom stereocenters. The number of carbonyl (C=O) groups is 1. The number of carbonyl (C=O) groups excluding carboxylic acids is 1. The van der Waals surface area contributed by atoms with Gasteiger partial charge in [-0.1, -0.05) is 35.3 Å². The number of rotatable bonds is 5. The lowest BCUT2D eigenvalue weighted by Crippen LogP contribution is -2.34. The van der Waals surface area contributed by atoms with Crippen LogP contribution in [0.2, 0.25) is 10.0 Å². The van der Waals surface area contributed by atoms with Crippen LogP contribution in [0.5, 0.6) is 0 Å². The molecule has 2 aromatic carbocycles. The van der Waals surface area contributed by atoms with Crippen LogP contribution in [0, 0.1) is 5.82 Å². The van der Waals surface area contributed by atoms with Crippen molar-refractivity contribution in [3.63, 3.8) is 0 Å². The molecular formula is C17H17Cl2FN2O. The topological polar surface area (TPSA) is 32.3 Å². The molecule has 0 aromatic heterocycles. The van der Waals surface area contributed by atoms with Crippen LogP contribution in [-0.2, 0) is 0 Å². The SMILES string of the molecule is CN(C)C(CNC(=O)c1ccc(Cl)c(Cl)c1)c1cccc(F)c1. The Morgan fingerprint density at radius 2 is 1.91 bits per heavy atom. The number of nitrogens with zero attached hydrogens (tertiary/aromatic N) is 1. The van der Waals surface area contributed by atoms with Gasteiger partial charge in [-0.2, -0.15) is 0 Å². The Morgan fingerprint density at radius 3 is 2.52 bits per heavy atom. The van der Waals surface area contributed by atoms with Gasteiger partial charge in [0.15, 0.2) is 0 Å². The molecule has 2 rings (SSSR count). The van der Waals surface area contributed by atoms with Gasteiger partial charge >= 0.3 is 0 Å². The van der Waals surface area contributed by atoms with Gasteiger partial charge in [0.1, 0.15) is 5.82 Å². The molecule has 0 aliphatic heterocycles. The van der Waals surface area contributed by atoms with E-state index in [0.717, 1.165) is 5.56 Å². The highest BCUT2D eigenvalue weighted by atomic mass is 35.5.